The summed E-state index contributed by atoms with van der Waals surface area (Å²) in [6.07, 6.45) is 1.34. The number of hydrogen-bond acceptors (Lipinski definition) is 3. The summed E-state index contributed by atoms with van der Waals surface area (Å²) >= 11 is 0.981. The van der Waals surface area contributed by atoms with Crippen LogP contribution in [-0.4, -0.2) is 9.38 Å². The van der Waals surface area contributed by atoms with Crippen LogP contribution < -0.4 is 0 Å². The summed E-state index contributed by atoms with van der Waals surface area (Å²) in [6.45, 7) is 0. The van der Waals surface area contributed by atoms with E-state index >= 15 is 0 Å². The lowest BCUT2D eigenvalue weighted by Crippen LogP contribution is -1.88. The van der Waals surface area contributed by atoms with E-state index in [1.165, 1.54) is 12.3 Å². The monoisotopic (exact) mass is 269 g/mol. The molecule has 0 saturated heterocycles. The van der Waals surface area contributed by atoms with Crippen LogP contribution in [0.5, 0.6) is 0 Å². The van der Waals surface area contributed by atoms with Gasteiger partial charge in [-0.15, -0.1) is 0 Å². The van der Waals surface area contributed by atoms with Gasteiger partial charge in [-0.1, -0.05) is 30.3 Å². The molecule has 0 unspecified atom stereocenters. The minimum atomic E-state index is -0.357. The zero-order chi connectivity index (χ0) is 13.2. The Morgan fingerprint density at radius 1 is 1.16 bits per heavy atom. The Bertz CT molecular complexity index is 774. The van der Waals surface area contributed by atoms with Crippen LogP contribution in [-0.2, 0) is 0 Å². The first-order valence-electron chi connectivity index (χ1n) is 5.58. The molecular weight excluding hydrogens is 261 g/mol. The van der Waals surface area contributed by atoms with Crippen LogP contribution in [0, 0.1) is 16.5 Å². The maximum atomic E-state index is 13.3. The third-order valence-corrected chi connectivity index (χ3v) is 3.40. The predicted octanol–water partition coefficient (Wildman–Crippen LogP) is 3.71. The number of rotatable bonds is 2. The number of nitrogens with zero attached hydrogens (tertiary/aromatic N) is 3. The molecular formula is C14H8FN3S. The zero-order valence-corrected chi connectivity index (χ0v) is 10.6. The summed E-state index contributed by atoms with van der Waals surface area (Å²) in [5, 5.41) is 11.6. The average Bonchev–Trinajstić information content (AvgIpc) is 2.79. The lowest BCUT2D eigenvalue weighted by Gasteiger charge is -2.00. The molecule has 0 aliphatic heterocycles. The Hall–Kier alpha value is -2.32. The molecule has 1 aromatic carbocycles. The van der Waals surface area contributed by atoms with E-state index in [4.69, 9.17) is 5.26 Å². The van der Waals surface area contributed by atoms with Gasteiger partial charge in [-0.2, -0.15) is 5.26 Å². The molecule has 0 radical (unpaired) electrons. The van der Waals surface area contributed by atoms with Crippen molar-refractivity contribution in [2.75, 3.05) is 0 Å². The number of nitriles is 1. The largest absolute Gasteiger partial charge is 0.290 e. The van der Waals surface area contributed by atoms with E-state index < -0.39 is 0 Å². The van der Waals surface area contributed by atoms with Crippen molar-refractivity contribution in [1.82, 2.24) is 9.38 Å². The summed E-state index contributed by atoms with van der Waals surface area (Å²) in [4.78, 5) is 4.47. The van der Waals surface area contributed by atoms with Gasteiger partial charge in [-0.05, 0) is 12.1 Å². The first kappa shape index (κ1) is 11.8. The number of hydrogen-bond donors (Lipinski definition) is 0. The highest BCUT2D eigenvalue weighted by Gasteiger charge is 2.14. The molecule has 0 N–H and O–H groups in total. The van der Waals surface area contributed by atoms with Crippen LogP contribution >= 0.6 is 11.8 Å². The molecule has 0 bridgehead atoms. The molecule has 0 aliphatic carbocycles. The summed E-state index contributed by atoms with van der Waals surface area (Å²) < 4.78 is 14.9. The summed E-state index contributed by atoms with van der Waals surface area (Å²) in [5.41, 5.74) is 2.22. The van der Waals surface area contributed by atoms with E-state index in [-0.39, 0.29) is 5.82 Å². The van der Waals surface area contributed by atoms with Gasteiger partial charge >= 0.3 is 0 Å². The molecule has 92 valence electrons. The average molecular weight is 269 g/mol. The van der Waals surface area contributed by atoms with Crippen LogP contribution in [0.2, 0.25) is 0 Å². The van der Waals surface area contributed by atoms with E-state index in [1.54, 1.807) is 10.5 Å². The minimum absolute atomic E-state index is 0.357. The Kier molecular flexibility index (Phi) is 2.94. The van der Waals surface area contributed by atoms with Crippen LogP contribution in [0.4, 0.5) is 4.39 Å². The van der Waals surface area contributed by atoms with Crippen LogP contribution in [0.25, 0.3) is 16.9 Å². The highest BCUT2D eigenvalue weighted by Crippen LogP contribution is 2.31. The van der Waals surface area contributed by atoms with Crippen molar-refractivity contribution in [2.24, 2.45) is 0 Å². The fourth-order valence-electron chi connectivity index (χ4n) is 1.92. The molecule has 19 heavy (non-hydrogen) atoms. The summed E-state index contributed by atoms with van der Waals surface area (Å²) in [6, 6.07) is 12.5. The number of imidazole rings is 1. The third kappa shape index (κ3) is 2.07. The van der Waals surface area contributed by atoms with E-state index in [0.717, 1.165) is 17.3 Å². The van der Waals surface area contributed by atoms with Gasteiger partial charge in [0.05, 0.1) is 0 Å². The van der Waals surface area contributed by atoms with Crippen LogP contribution in [0.1, 0.15) is 0 Å². The van der Waals surface area contributed by atoms with Gasteiger partial charge in [0, 0.05) is 23.5 Å². The van der Waals surface area contributed by atoms with Crippen LogP contribution in [0.15, 0.2) is 53.7 Å². The fourth-order valence-corrected chi connectivity index (χ4v) is 2.51. The Morgan fingerprint density at radius 3 is 2.68 bits per heavy atom. The van der Waals surface area contributed by atoms with Gasteiger partial charge in [-0.3, -0.25) is 4.40 Å². The molecule has 0 atom stereocenters. The van der Waals surface area contributed by atoms with Gasteiger partial charge in [0.15, 0.2) is 0 Å². The van der Waals surface area contributed by atoms with Crippen LogP contribution in [0.3, 0.4) is 0 Å². The molecule has 0 saturated carbocycles. The first-order chi connectivity index (χ1) is 9.29. The van der Waals surface area contributed by atoms with Crippen molar-refractivity contribution >= 4 is 17.4 Å². The van der Waals surface area contributed by atoms with Gasteiger partial charge in [0.1, 0.15) is 27.6 Å². The highest BCUT2D eigenvalue weighted by molar-refractivity contribution is 8.03. The lowest BCUT2D eigenvalue weighted by atomic mass is 10.2. The highest BCUT2D eigenvalue weighted by atomic mass is 32.2. The standard InChI is InChI=1S/C14H8FN3S/c15-11-6-7-12-17-13(10-4-2-1-3-5-10)14(19-9-16)18(12)8-11/h1-8H. The van der Waals surface area contributed by atoms with Crippen molar-refractivity contribution < 1.29 is 4.39 Å². The number of thioether (sulfide) groups is 1. The second-order valence-electron chi connectivity index (χ2n) is 3.90. The number of thiocyanates is 1. The number of halogens is 1. The maximum absolute atomic E-state index is 13.3. The second kappa shape index (κ2) is 4.75. The van der Waals surface area contributed by atoms with Crippen molar-refractivity contribution in [3.63, 3.8) is 0 Å². The molecule has 0 spiro atoms. The molecule has 5 heteroatoms. The third-order valence-electron chi connectivity index (χ3n) is 2.73. The Morgan fingerprint density at radius 2 is 1.95 bits per heavy atom. The van der Waals surface area contributed by atoms with E-state index in [1.807, 2.05) is 35.7 Å². The van der Waals surface area contributed by atoms with Gasteiger partial charge in [0.25, 0.3) is 0 Å². The van der Waals surface area contributed by atoms with E-state index in [2.05, 4.69) is 4.98 Å². The molecule has 0 aliphatic rings. The minimum Gasteiger partial charge on any atom is -0.290 e. The molecule has 3 rings (SSSR count). The molecule has 2 heterocycles. The van der Waals surface area contributed by atoms with Crippen molar-refractivity contribution in [2.45, 2.75) is 5.03 Å². The number of aromatic nitrogens is 2. The zero-order valence-electron chi connectivity index (χ0n) is 9.75. The smallest absolute Gasteiger partial charge is 0.140 e. The maximum Gasteiger partial charge on any atom is 0.140 e. The molecule has 0 fully saturated rings. The normalized spacial score (nSPS) is 10.5. The number of pyridine rings is 1. The van der Waals surface area contributed by atoms with E-state index in [0.29, 0.717) is 16.4 Å². The van der Waals surface area contributed by atoms with Gasteiger partial charge < -0.3 is 0 Å². The fraction of sp³-hybridized carbons (Fsp3) is 0. The van der Waals surface area contributed by atoms with Gasteiger partial charge in [0.2, 0.25) is 0 Å². The SMILES string of the molecule is N#CSc1c(-c2ccccc2)nc2ccc(F)cn12. The summed E-state index contributed by atoms with van der Waals surface area (Å²) in [7, 11) is 0. The number of fused-ring (bicyclic) bond motifs is 1. The second-order valence-corrected chi connectivity index (χ2v) is 4.67. The molecule has 3 nitrogen and oxygen atoms in total. The first-order valence-corrected chi connectivity index (χ1v) is 6.40. The van der Waals surface area contributed by atoms with Gasteiger partial charge in [-0.25, -0.2) is 9.37 Å². The molecule has 0 amide bonds. The van der Waals surface area contributed by atoms with Crippen molar-refractivity contribution in [3.05, 3.63) is 54.5 Å². The lowest BCUT2D eigenvalue weighted by molar-refractivity contribution is 0.617. The molecule has 3 aromatic rings. The van der Waals surface area contributed by atoms with E-state index in [9.17, 15) is 4.39 Å². The topological polar surface area (TPSA) is 41.1 Å². The summed E-state index contributed by atoms with van der Waals surface area (Å²) in [5.74, 6) is -0.357. The number of benzene rings is 1. The Balaban J connectivity index is 2.30. The van der Waals surface area contributed by atoms with Crippen molar-refractivity contribution in [1.29, 1.82) is 5.26 Å². The van der Waals surface area contributed by atoms with Crippen molar-refractivity contribution in [3.8, 4) is 16.7 Å². The Labute approximate surface area is 113 Å². The quantitative estimate of drug-likeness (QED) is 0.526. The predicted molar refractivity (Wildman–Crippen MR) is 72.1 cm³/mol. The molecule has 2 aromatic heterocycles.